The van der Waals surface area contributed by atoms with Crippen molar-refractivity contribution in [2.75, 3.05) is 5.32 Å². The number of halogens is 1. The topological polar surface area (TPSA) is 58.2 Å². The van der Waals surface area contributed by atoms with E-state index in [4.69, 9.17) is 0 Å². The minimum atomic E-state index is -0.329. The van der Waals surface area contributed by atoms with Crippen LogP contribution in [-0.2, 0) is 16.1 Å². The number of benzene rings is 2. The minimum absolute atomic E-state index is 0.0337. The molecule has 5 heteroatoms. The van der Waals surface area contributed by atoms with E-state index in [1.54, 1.807) is 12.1 Å². The van der Waals surface area contributed by atoms with Crippen LogP contribution in [0.15, 0.2) is 54.6 Å². The first kappa shape index (κ1) is 18.1. The molecule has 4 nitrogen and oxygen atoms in total. The first-order valence-electron chi connectivity index (χ1n) is 9.00. The monoisotopic (exact) mass is 354 g/mol. The molecular weight excluding hydrogens is 331 g/mol. The maximum Gasteiger partial charge on any atom is 0.227 e. The number of carbonyl (C=O) groups is 2. The number of hydrogen-bond acceptors (Lipinski definition) is 2. The fourth-order valence-electron chi connectivity index (χ4n) is 3.32. The molecule has 26 heavy (non-hydrogen) atoms. The van der Waals surface area contributed by atoms with Crippen molar-refractivity contribution >= 4 is 17.5 Å². The summed E-state index contributed by atoms with van der Waals surface area (Å²) in [7, 11) is 0. The summed E-state index contributed by atoms with van der Waals surface area (Å²) < 4.78 is 12.9. The van der Waals surface area contributed by atoms with Crippen LogP contribution in [0.4, 0.5) is 10.1 Å². The standard InChI is InChI=1S/C21H23FN2O2/c22-18-10-12-19(13-11-18)24-21(26)17-8-6-16(7-9-17)20(25)23-14-15-4-2-1-3-5-15/h1-5,10-13,16-17H,6-9,14H2,(H,23,25)(H,24,26). The number of nitrogens with one attached hydrogen (secondary N) is 2. The summed E-state index contributed by atoms with van der Waals surface area (Å²) in [5.41, 5.74) is 1.67. The molecule has 1 aliphatic rings. The number of carbonyl (C=O) groups excluding carboxylic acids is 2. The van der Waals surface area contributed by atoms with E-state index in [0.717, 1.165) is 5.56 Å². The molecule has 1 fully saturated rings. The normalized spacial score (nSPS) is 19.6. The Labute approximate surface area is 152 Å². The molecule has 1 aliphatic carbocycles. The molecule has 0 unspecified atom stereocenters. The molecule has 0 aliphatic heterocycles. The van der Waals surface area contributed by atoms with Crippen molar-refractivity contribution in [3.05, 3.63) is 66.0 Å². The van der Waals surface area contributed by atoms with Gasteiger partial charge in [0.2, 0.25) is 11.8 Å². The molecule has 2 aromatic carbocycles. The van der Waals surface area contributed by atoms with Crippen molar-refractivity contribution in [2.24, 2.45) is 11.8 Å². The molecule has 0 aromatic heterocycles. The van der Waals surface area contributed by atoms with Gasteiger partial charge in [-0.15, -0.1) is 0 Å². The molecular formula is C21H23FN2O2. The van der Waals surface area contributed by atoms with Crippen molar-refractivity contribution in [1.29, 1.82) is 0 Å². The van der Waals surface area contributed by atoms with E-state index >= 15 is 0 Å². The van der Waals surface area contributed by atoms with Crippen LogP contribution >= 0.6 is 0 Å². The Morgan fingerprint density at radius 1 is 0.846 bits per heavy atom. The van der Waals surface area contributed by atoms with Gasteiger partial charge in [0.05, 0.1) is 0 Å². The Kier molecular flexibility index (Phi) is 6.00. The van der Waals surface area contributed by atoms with Crippen LogP contribution in [0, 0.1) is 17.7 Å². The lowest BCUT2D eigenvalue weighted by Crippen LogP contribution is -2.35. The summed E-state index contributed by atoms with van der Waals surface area (Å²) >= 11 is 0. The fourth-order valence-corrected chi connectivity index (χ4v) is 3.32. The van der Waals surface area contributed by atoms with Crippen LogP contribution in [0.5, 0.6) is 0 Å². The summed E-state index contributed by atoms with van der Waals surface area (Å²) in [6.07, 6.45) is 2.80. The summed E-state index contributed by atoms with van der Waals surface area (Å²) in [6, 6.07) is 15.6. The first-order chi connectivity index (χ1) is 12.6. The summed E-state index contributed by atoms with van der Waals surface area (Å²) in [6.45, 7) is 0.532. The lowest BCUT2D eigenvalue weighted by molar-refractivity contribution is -0.128. The first-order valence-corrected chi connectivity index (χ1v) is 9.00. The Morgan fingerprint density at radius 3 is 2.04 bits per heavy atom. The molecule has 3 rings (SSSR count). The minimum Gasteiger partial charge on any atom is -0.352 e. The van der Waals surface area contributed by atoms with Gasteiger partial charge in [0, 0.05) is 24.1 Å². The molecule has 0 bridgehead atoms. The molecule has 0 atom stereocenters. The van der Waals surface area contributed by atoms with Gasteiger partial charge in [-0.3, -0.25) is 9.59 Å². The maximum atomic E-state index is 12.9. The molecule has 1 saturated carbocycles. The van der Waals surface area contributed by atoms with Crippen LogP contribution in [0.3, 0.4) is 0 Å². The zero-order chi connectivity index (χ0) is 18.4. The second kappa shape index (κ2) is 8.61. The Hall–Kier alpha value is -2.69. The van der Waals surface area contributed by atoms with Crippen LogP contribution in [-0.4, -0.2) is 11.8 Å². The van der Waals surface area contributed by atoms with E-state index in [9.17, 15) is 14.0 Å². The second-order valence-electron chi connectivity index (χ2n) is 6.75. The van der Waals surface area contributed by atoms with Gasteiger partial charge in [0.1, 0.15) is 5.82 Å². The van der Waals surface area contributed by atoms with Gasteiger partial charge in [-0.05, 0) is 55.5 Å². The average molecular weight is 354 g/mol. The van der Waals surface area contributed by atoms with Crippen molar-refractivity contribution in [1.82, 2.24) is 5.32 Å². The maximum absolute atomic E-state index is 12.9. The third-order valence-electron chi connectivity index (χ3n) is 4.89. The SMILES string of the molecule is O=C(NCc1ccccc1)C1CCC(C(=O)Nc2ccc(F)cc2)CC1. The van der Waals surface area contributed by atoms with Gasteiger partial charge in [-0.25, -0.2) is 4.39 Å². The largest absolute Gasteiger partial charge is 0.352 e. The van der Waals surface area contributed by atoms with E-state index in [2.05, 4.69) is 10.6 Å². The third kappa shape index (κ3) is 4.91. The van der Waals surface area contributed by atoms with E-state index in [0.29, 0.717) is 37.9 Å². The molecule has 2 aromatic rings. The molecule has 0 saturated heterocycles. The lowest BCUT2D eigenvalue weighted by atomic mass is 9.81. The van der Waals surface area contributed by atoms with Crippen LogP contribution in [0.1, 0.15) is 31.2 Å². The number of amides is 2. The number of hydrogen-bond donors (Lipinski definition) is 2. The molecule has 0 spiro atoms. The highest BCUT2D eigenvalue weighted by Crippen LogP contribution is 2.30. The van der Waals surface area contributed by atoms with E-state index in [1.807, 2.05) is 30.3 Å². The Morgan fingerprint density at radius 2 is 1.42 bits per heavy atom. The van der Waals surface area contributed by atoms with E-state index < -0.39 is 0 Å². The number of rotatable bonds is 5. The van der Waals surface area contributed by atoms with Gasteiger partial charge in [0.15, 0.2) is 0 Å². The highest BCUT2D eigenvalue weighted by Gasteiger charge is 2.29. The van der Waals surface area contributed by atoms with E-state index in [-0.39, 0.29) is 29.5 Å². The molecule has 0 radical (unpaired) electrons. The molecule has 136 valence electrons. The third-order valence-corrected chi connectivity index (χ3v) is 4.89. The Balaban J connectivity index is 1.43. The summed E-state index contributed by atoms with van der Waals surface area (Å²) in [5, 5.41) is 5.81. The van der Waals surface area contributed by atoms with Crippen LogP contribution < -0.4 is 10.6 Å². The predicted molar refractivity (Wildman–Crippen MR) is 98.8 cm³/mol. The van der Waals surface area contributed by atoms with Crippen molar-refractivity contribution in [3.63, 3.8) is 0 Å². The van der Waals surface area contributed by atoms with Crippen LogP contribution in [0.2, 0.25) is 0 Å². The zero-order valence-corrected chi connectivity index (χ0v) is 14.6. The highest BCUT2D eigenvalue weighted by molar-refractivity contribution is 5.92. The fraction of sp³-hybridized carbons (Fsp3) is 0.333. The quantitative estimate of drug-likeness (QED) is 0.856. The highest BCUT2D eigenvalue weighted by atomic mass is 19.1. The molecule has 2 N–H and O–H groups in total. The van der Waals surface area contributed by atoms with Gasteiger partial charge in [-0.1, -0.05) is 30.3 Å². The lowest BCUT2D eigenvalue weighted by Gasteiger charge is -2.27. The van der Waals surface area contributed by atoms with E-state index in [1.165, 1.54) is 12.1 Å². The average Bonchev–Trinajstić information content (AvgIpc) is 2.69. The van der Waals surface area contributed by atoms with Crippen LogP contribution in [0.25, 0.3) is 0 Å². The summed E-state index contributed by atoms with van der Waals surface area (Å²) in [4.78, 5) is 24.7. The summed E-state index contributed by atoms with van der Waals surface area (Å²) in [5.74, 6) is -0.456. The van der Waals surface area contributed by atoms with Gasteiger partial charge in [-0.2, -0.15) is 0 Å². The Bertz CT molecular complexity index is 738. The van der Waals surface area contributed by atoms with Crippen molar-refractivity contribution < 1.29 is 14.0 Å². The van der Waals surface area contributed by atoms with Gasteiger partial charge >= 0.3 is 0 Å². The predicted octanol–water partition coefficient (Wildman–Crippen LogP) is 3.89. The second-order valence-corrected chi connectivity index (χ2v) is 6.75. The van der Waals surface area contributed by atoms with Crippen molar-refractivity contribution in [2.45, 2.75) is 32.2 Å². The zero-order valence-electron chi connectivity index (χ0n) is 14.6. The van der Waals surface area contributed by atoms with Gasteiger partial charge < -0.3 is 10.6 Å². The smallest absolute Gasteiger partial charge is 0.227 e. The van der Waals surface area contributed by atoms with Gasteiger partial charge in [0.25, 0.3) is 0 Å². The molecule has 2 amide bonds. The number of anilines is 1. The van der Waals surface area contributed by atoms with Crippen molar-refractivity contribution in [3.8, 4) is 0 Å². The molecule has 0 heterocycles.